The van der Waals surface area contributed by atoms with Crippen molar-refractivity contribution in [2.45, 2.75) is 27.7 Å². The molecular weight excluding hydrogens is 308 g/mol. The molecule has 0 atom stereocenters. The van der Waals surface area contributed by atoms with Gasteiger partial charge in [-0.15, -0.1) is 11.3 Å². The number of nitrogens with zero attached hydrogens (tertiary/aromatic N) is 3. The van der Waals surface area contributed by atoms with Crippen LogP contribution in [0.4, 0.5) is 10.8 Å². The van der Waals surface area contributed by atoms with Crippen molar-refractivity contribution in [1.29, 1.82) is 0 Å². The summed E-state index contributed by atoms with van der Waals surface area (Å²) < 4.78 is 7.67. The Hall–Kier alpha value is -2.34. The van der Waals surface area contributed by atoms with Gasteiger partial charge in [-0.3, -0.25) is 4.57 Å². The Morgan fingerprint density at radius 2 is 2.04 bits per heavy atom. The molecule has 0 fully saturated rings. The maximum absolute atomic E-state index is 5.68. The van der Waals surface area contributed by atoms with Crippen molar-refractivity contribution in [1.82, 2.24) is 14.5 Å². The number of thiazole rings is 1. The highest BCUT2D eigenvalue weighted by atomic mass is 32.1. The SMILES string of the molecule is CCOc1ccc(C)cc1Nc1nc(-n2cc(C)nc2C)cs1. The van der Waals surface area contributed by atoms with E-state index < -0.39 is 0 Å². The second kappa shape index (κ2) is 6.42. The molecule has 0 radical (unpaired) electrons. The van der Waals surface area contributed by atoms with Crippen molar-refractivity contribution in [2.24, 2.45) is 0 Å². The van der Waals surface area contributed by atoms with Crippen molar-refractivity contribution in [2.75, 3.05) is 11.9 Å². The van der Waals surface area contributed by atoms with Crippen LogP contribution in [0.5, 0.6) is 5.75 Å². The fourth-order valence-electron chi connectivity index (χ4n) is 2.42. The lowest BCUT2D eigenvalue weighted by molar-refractivity contribution is 0.342. The summed E-state index contributed by atoms with van der Waals surface area (Å²) in [6.07, 6.45) is 1.99. The number of aryl methyl sites for hydroxylation is 3. The van der Waals surface area contributed by atoms with Gasteiger partial charge in [0.15, 0.2) is 10.9 Å². The van der Waals surface area contributed by atoms with Crippen LogP contribution in [0.3, 0.4) is 0 Å². The van der Waals surface area contributed by atoms with Gasteiger partial charge in [-0.05, 0) is 45.4 Å². The summed E-state index contributed by atoms with van der Waals surface area (Å²) >= 11 is 1.56. The van der Waals surface area contributed by atoms with E-state index in [9.17, 15) is 0 Å². The maximum Gasteiger partial charge on any atom is 0.189 e. The van der Waals surface area contributed by atoms with Gasteiger partial charge in [-0.2, -0.15) is 0 Å². The van der Waals surface area contributed by atoms with Gasteiger partial charge in [0, 0.05) is 11.6 Å². The highest BCUT2D eigenvalue weighted by Gasteiger charge is 2.10. The summed E-state index contributed by atoms with van der Waals surface area (Å²) in [5, 5.41) is 6.21. The molecule has 0 bridgehead atoms. The molecule has 120 valence electrons. The number of benzene rings is 1. The van der Waals surface area contributed by atoms with Crippen LogP contribution in [0.2, 0.25) is 0 Å². The molecule has 0 unspecified atom stereocenters. The number of imidazole rings is 1. The first-order valence-electron chi connectivity index (χ1n) is 7.55. The molecule has 0 aliphatic heterocycles. The fourth-order valence-corrected chi connectivity index (χ4v) is 3.12. The third-order valence-electron chi connectivity index (χ3n) is 3.42. The van der Waals surface area contributed by atoms with Crippen LogP contribution >= 0.6 is 11.3 Å². The highest BCUT2D eigenvalue weighted by Crippen LogP contribution is 2.31. The Kier molecular flexibility index (Phi) is 4.34. The average molecular weight is 328 g/mol. The first-order chi connectivity index (χ1) is 11.1. The summed E-state index contributed by atoms with van der Waals surface area (Å²) in [5.74, 6) is 2.65. The molecule has 6 heteroatoms. The summed E-state index contributed by atoms with van der Waals surface area (Å²) in [4.78, 5) is 9.07. The number of hydrogen-bond acceptors (Lipinski definition) is 5. The van der Waals surface area contributed by atoms with Crippen molar-refractivity contribution in [3.63, 3.8) is 0 Å². The second-order valence-electron chi connectivity index (χ2n) is 5.37. The van der Waals surface area contributed by atoms with E-state index in [0.717, 1.165) is 33.9 Å². The third kappa shape index (κ3) is 3.37. The van der Waals surface area contributed by atoms with E-state index in [1.165, 1.54) is 5.56 Å². The molecule has 0 amide bonds. The Morgan fingerprint density at radius 3 is 2.74 bits per heavy atom. The van der Waals surface area contributed by atoms with Crippen LogP contribution in [0.15, 0.2) is 29.8 Å². The molecule has 3 aromatic rings. The Morgan fingerprint density at radius 1 is 1.22 bits per heavy atom. The Bertz CT molecular complexity index is 822. The van der Waals surface area contributed by atoms with Crippen molar-refractivity contribution in [3.05, 3.63) is 46.9 Å². The minimum atomic E-state index is 0.633. The first-order valence-corrected chi connectivity index (χ1v) is 8.43. The molecule has 1 N–H and O–H groups in total. The lowest BCUT2D eigenvalue weighted by atomic mass is 10.2. The van der Waals surface area contributed by atoms with Crippen molar-refractivity contribution in [3.8, 4) is 11.6 Å². The molecule has 5 nitrogen and oxygen atoms in total. The minimum Gasteiger partial charge on any atom is -0.492 e. The predicted molar refractivity (Wildman–Crippen MR) is 94.3 cm³/mol. The molecule has 23 heavy (non-hydrogen) atoms. The minimum absolute atomic E-state index is 0.633. The Balaban J connectivity index is 1.87. The topological polar surface area (TPSA) is 52.0 Å². The number of anilines is 2. The van der Waals surface area contributed by atoms with E-state index in [2.05, 4.69) is 28.3 Å². The van der Waals surface area contributed by atoms with E-state index in [-0.39, 0.29) is 0 Å². The lowest BCUT2D eigenvalue weighted by Crippen LogP contribution is -1.99. The number of hydrogen-bond donors (Lipinski definition) is 1. The van der Waals surface area contributed by atoms with Crippen LogP contribution in [0.25, 0.3) is 5.82 Å². The van der Waals surface area contributed by atoms with Gasteiger partial charge < -0.3 is 10.1 Å². The van der Waals surface area contributed by atoms with E-state index in [1.54, 1.807) is 11.3 Å². The number of ether oxygens (including phenoxy) is 1. The lowest BCUT2D eigenvalue weighted by Gasteiger charge is -2.11. The van der Waals surface area contributed by atoms with Gasteiger partial charge in [0.05, 0.1) is 18.0 Å². The van der Waals surface area contributed by atoms with E-state index in [0.29, 0.717) is 6.61 Å². The van der Waals surface area contributed by atoms with Crippen LogP contribution in [0, 0.1) is 20.8 Å². The largest absolute Gasteiger partial charge is 0.492 e. The fraction of sp³-hybridized carbons (Fsp3) is 0.294. The zero-order valence-corrected chi connectivity index (χ0v) is 14.6. The van der Waals surface area contributed by atoms with Gasteiger partial charge in [0.1, 0.15) is 11.6 Å². The second-order valence-corrected chi connectivity index (χ2v) is 6.23. The van der Waals surface area contributed by atoms with Crippen LogP contribution in [0.1, 0.15) is 24.0 Å². The molecule has 2 heterocycles. The van der Waals surface area contributed by atoms with E-state index in [1.807, 2.05) is 49.0 Å². The van der Waals surface area contributed by atoms with Crippen LogP contribution < -0.4 is 10.1 Å². The zero-order valence-electron chi connectivity index (χ0n) is 13.8. The van der Waals surface area contributed by atoms with Crippen molar-refractivity contribution >= 4 is 22.2 Å². The molecule has 0 aliphatic rings. The number of rotatable bonds is 5. The van der Waals surface area contributed by atoms with E-state index in [4.69, 9.17) is 4.74 Å². The summed E-state index contributed by atoms with van der Waals surface area (Å²) in [6, 6.07) is 6.10. The maximum atomic E-state index is 5.68. The molecule has 1 aromatic carbocycles. The molecule has 2 aromatic heterocycles. The molecule has 0 saturated heterocycles. The quantitative estimate of drug-likeness (QED) is 0.754. The van der Waals surface area contributed by atoms with Gasteiger partial charge >= 0.3 is 0 Å². The highest BCUT2D eigenvalue weighted by molar-refractivity contribution is 7.14. The molecular formula is C17H20N4OS. The summed E-state index contributed by atoms with van der Waals surface area (Å²) in [7, 11) is 0. The van der Waals surface area contributed by atoms with E-state index >= 15 is 0 Å². The molecule has 3 rings (SSSR count). The van der Waals surface area contributed by atoms with Crippen LogP contribution in [-0.4, -0.2) is 21.1 Å². The zero-order chi connectivity index (χ0) is 16.4. The average Bonchev–Trinajstić information content (AvgIpc) is 3.08. The number of nitrogens with one attached hydrogen (secondary N) is 1. The monoisotopic (exact) mass is 328 g/mol. The summed E-state index contributed by atoms with van der Waals surface area (Å²) in [6.45, 7) is 8.64. The normalized spacial score (nSPS) is 10.8. The van der Waals surface area contributed by atoms with Gasteiger partial charge in [-0.1, -0.05) is 6.07 Å². The van der Waals surface area contributed by atoms with Crippen molar-refractivity contribution < 1.29 is 4.74 Å². The van der Waals surface area contributed by atoms with Gasteiger partial charge in [0.25, 0.3) is 0 Å². The smallest absolute Gasteiger partial charge is 0.189 e. The standard InChI is InChI=1S/C17H20N4OS/c1-5-22-15-7-6-11(2)8-14(15)19-17-20-16(10-23-17)21-9-12(3)18-13(21)4/h6-10H,5H2,1-4H3,(H,19,20). The molecule has 0 saturated carbocycles. The van der Waals surface area contributed by atoms with Gasteiger partial charge in [0.2, 0.25) is 0 Å². The first kappa shape index (κ1) is 15.6. The van der Waals surface area contributed by atoms with Gasteiger partial charge in [-0.25, -0.2) is 9.97 Å². The Labute approximate surface area is 140 Å². The predicted octanol–water partition coefficient (Wildman–Crippen LogP) is 4.40. The number of aromatic nitrogens is 3. The molecule has 0 aliphatic carbocycles. The summed E-state index contributed by atoms with van der Waals surface area (Å²) in [5.41, 5.74) is 3.10. The van der Waals surface area contributed by atoms with Crippen LogP contribution in [-0.2, 0) is 0 Å². The molecule has 0 spiro atoms. The third-order valence-corrected chi connectivity index (χ3v) is 4.16.